The number of halogens is 1. The van der Waals surface area contributed by atoms with Gasteiger partial charge < -0.3 is 15.8 Å². The summed E-state index contributed by atoms with van der Waals surface area (Å²) in [5, 5.41) is 3.34. The van der Waals surface area contributed by atoms with E-state index in [0.717, 1.165) is 17.5 Å². The standard InChI is InChI=1S/C23H29ClN2O3/c1-15(2)9-11-19(25)22(27)26-20(14-17-7-5-4-6-8-17)23(28)29-21-12-10-18(24)13-16(21)3/h4-8,10,12-13,15,19-20H,9,11,14,25H2,1-3H3,(H,26,27)/t19-,20-/m0/s1. The van der Waals surface area contributed by atoms with Crippen molar-refractivity contribution in [1.82, 2.24) is 5.32 Å². The Kier molecular flexibility index (Phi) is 8.68. The van der Waals surface area contributed by atoms with Gasteiger partial charge in [-0.2, -0.15) is 0 Å². The highest BCUT2D eigenvalue weighted by Crippen LogP contribution is 2.22. The van der Waals surface area contributed by atoms with E-state index in [-0.39, 0.29) is 5.91 Å². The average molecular weight is 417 g/mol. The summed E-state index contributed by atoms with van der Waals surface area (Å²) < 4.78 is 5.56. The monoisotopic (exact) mass is 416 g/mol. The van der Waals surface area contributed by atoms with Gasteiger partial charge in [-0.1, -0.05) is 55.8 Å². The molecule has 0 radical (unpaired) electrons. The van der Waals surface area contributed by atoms with Gasteiger partial charge in [0.15, 0.2) is 0 Å². The maximum Gasteiger partial charge on any atom is 0.334 e. The number of amides is 1. The Balaban J connectivity index is 2.13. The number of hydrogen-bond acceptors (Lipinski definition) is 4. The lowest BCUT2D eigenvalue weighted by molar-refractivity contribution is -0.139. The molecule has 3 N–H and O–H groups in total. The van der Waals surface area contributed by atoms with Crippen LogP contribution in [0.1, 0.15) is 37.8 Å². The zero-order valence-electron chi connectivity index (χ0n) is 17.2. The van der Waals surface area contributed by atoms with E-state index in [1.54, 1.807) is 25.1 Å². The van der Waals surface area contributed by atoms with Crippen LogP contribution in [0.4, 0.5) is 0 Å². The van der Waals surface area contributed by atoms with E-state index in [0.29, 0.717) is 29.5 Å². The summed E-state index contributed by atoms with van der Waals surface area (Å²) in [5.74, 6) is -0.0253. The van der Waals surface area contributed by atoms with Gasteiger partial charge in [0, 0.05) is 11.4 Å². The summed E-state index contributed by atoms with van der Waals surface area (Å²) in [4.78, 5) is 25.4. The van der Waals surface area contributed by atoms with Crippen LogP contribution in [-0.4, -0.2) is 24.0 Å². The summed E-state index contributed by atoms with van der Waals surface area (Å²) in [7, 11) is 0. The van der Waals surface area contributed by atoms with Crippen molar-refractivity contribution in [2.45, 2.75) is 52.1 Å². The van der Waals surface area contributed by atoms with Crippen LogP contribution >= 0.6 is 11.6 Å². The van der Waals surface area contributed by atoms with Gasteiger partial charge in [-0.3, -0.25) is 4.79 Å². The predicted octanol–water partition coefficient (Wildman–Crippen LogP) is 4.04. The molecule has 2 atom stereocenters. The molecular weight excluding hydrogens is 388 g/mol. The normalized spacial score (nSPS) is 13.0. The van der Waals surface area contributed by atoms with Crippen LogP contribution in [0.15, 0.2) is 48.5 Å². The summed E-state index contributed by atoms with van der Waals surface area (Å²) in [6.07, 6.45) is 1.72. The van der Waals surface area contributed by atoms with Crippen LogP contribution in [-0.2, 0) is 16.0 Å². The number of hydrogen-bond donors (Lipinski definition) is 2. The number of nitrogens with one attached hydrogen (secondary N) is 1. The van der Waals surface area contributed by atoms with Crippen molar-refractivity contribution in [3.8, 4) is 5.75 Å². The van der Waals surface area contributed by atoms with Crippen LogP contribution < -0.4 is 15.8 Å². The average Bonchev–Trinajstić information content (AvgIpc) is 2.68. The van der Waals surface area contributed by atoms with E-state index >= 15 is 0 Å². The Bertz CT molecular complexity index is 824. The molecular formula is C23H29ClN2O3. The van der Waals surface area contributed by atoms with Crippen molar-refractivity contribution in [3.05, 3.63) is 64.7 Å². The minimum atomic E-state index is -0.843. The lowest BCUT2D eigenvalue weighted by Crippen LogP contribution is -2.50. The van der Waals surface area contributed by atoms with E-state index in [1.807, 2.05) is 30.3 Å². The molecule has 0 aromatic heterocycles. The molecule has 0 saturated heterocycles. The van der Waals surface area contributed by atoms with Crippen LogP contribution in [0.5, 0.6) is 5.75 Å². The number of carbonyl (C=O) groups excluding carboxylic acids is 2. The maximum atomic E-state index is 12.9. The first-order valence-electron chi connectivity index (χ1n) is 9.84. The highest BCUT2D eigenvalue weighted by molar-refractivity contribution is 6.30. The minimum absolute atomic E-state index is 0.314. The second-order valence-electron chi connectivity index (χ2n) is 7.66. The summed E-state index contributed by atoms with van der Waals surface area (Å²) in [6.45, 7) is 5.96. The molecule has 2 aromatic rings. The van der Waals surface area contributed by atoms with Gasteiger partial charge in [-0.25, -0.2) is 4.79 Å². The zero-order chi connectivity index (χ0) is 21.4. The molecule has 0 fully saturated rings. The summed E-state index contributed by atoms with van der Waals surface area (Å²) >= 11 is 5.97. The molecule has 6 heteroatoms. The SMILES string of the molecule is Cc1cc(Cl)ccc1OC(=O)[C@H](Cc1ccccc1)NC(=O)[C@@H](N)CCC(C)C. The van der Waals surface area contributed by atoms with E-state index in [1.165, 1.54) is 0 Å². The van der Waals surface area contributed by atoms with Gasteiger partial charge in [0.25, 0.3) is 0 Å². The van der Waals surface area contributed by atoms with Crippen LogP contribution in [0.3, 0.4) is 0 Å². The molecule has 0 unspecified atom stereocenters. The van der Waals surface area contributed by atoms with Crippen LogP contribution in [0, 0.1) is 12.8 Å². The number of esters is 1. The van der Waals surface area contributed by atoms with Crippen molar-refractivity contribution in [1.29, 1.82) is 0 Å². The third-order valence-electron chi connectivity index (χ3n) is 4.62. The lowest BCUT2D eigenvalue weighted by Gasteiger charge is -2.21. The first-order chi connectivity index (χ1) is 13.8. The molecule has 2 rings (SSSR count). The van der Waals surface area contributed by atoms with Gasteiger partial charge >= 0.3 is 5.97 Å². The van der Waals surface area contributed by atoms with E-state index in [4.69, 9.17) is 22.1 Å². The number of carbonyl (C=O) groups is 2. The van der Waals surface area contributed by atoms with E-state index in [2.05, 4.69) is 19.2 Å². The summed E-state index contributed by atoms with van der Waals surface area (Å²) in [5.41, 5.74) is 7.68. The largest absolute Gasteiger partial charge is 0.425 e. The van der Waals surface area contributed by atoms with Crippen molar-refractivity contribution < 1.29 is 14.3 Å². The number of aryl methyl sites for hydroxylation is 1. The Morgan fingerprint density at radius 2 is 1.79 bits per heavy atom. The molecule has 2 aromatic carbocycles. The Morgan fingerprint density at radius 3 is 2.41 bits per heavy atom. The van der Waals surface area contributed by atoms with Crippen LogP contribution in [0.25, 0.3) is 0 Å². The third kappa shape index (κ3) is 7.52. The van der Waals surface area contributed by atoms with Crippen LogP contribution in [0.2, 0.25) is 5.02 Å². The molecule has 0 heterocycles. The first-order valence-corrected chi connectivity index (χ1v) is 10.2. The van der Waals surface area contributed by atoms with E-state index < -0.39 is 18.1 Å². The van der Waals surface area contributed by atoms with E-state index in [9.17, 15) is 9.59 Å². The molecule has 0 aliphatic rings. The predicted molar refractivity (Wildman–Crippen MR) is 116 cm³/mol. The molecule has 0 aliphatic heterocycles. The van der Waals surface area contributed by atoms with Crippen molar-refractivity contribution >= 4 is 23.5 Å². The van der Waals surface area contributed by atoms with Crippen molar-refractivity contribution in [2.24, 2.45) is 11.7 Å². The zero-order valence-corrected chi connectivity index (χ0v) is 17.9. The quantitative estimate of drug-likeness (QED) is 0.477. The smallest absolute Gasteiger partial charge is 0.334 e. The number of nitrogens with two attached hydrogens (primary N) is 1. The Hall–Kier alpha value is -2.37. The highest BCUT2D eigenvalue weighted by Gasteiger charge is 2.26. The molecule has 1 amide bonds. The summed E-state index contributed by atoms with van der Waals surface area (Å²) in [6, 6.07) is 13.0. The minimum Gasteiger partial charge on any atom is -0.425 e. The van der Waals surface area contributed by atoms with Crippen molar-refractivity contribution in [2.75, 3.05) is 0 Å². The molecule has 29 heavy (non-hydrogen) atoms. The van der Waals surface area contributed by atoms with Gasteiger partial charge in [0.1, 0.15) is 11.8 Å². The molecule has 0 saturated carbocycles. The Morgan fingerprint density at radius 1 is 1.10 bits per heavy atom. The molecule has 0 bridgehead atoms. The van der Waals surface area contributed by atoms with Gasteiger partial charge in [0.05, 0.1) is 6.04 Å². The molecule has 0 aliphatic carbocycles. The third-order valence-corrected chi connectivity index (χ3v) is 4.86. The highest BCUT2D eigenvalue weighted by atomic mass is 35.5. The Labute approximate surface area is 177 Å². The fourth-order valence-electron chi connectivity index (χ4n) is 2.87. The molecule has 156 valence electrons. The maximum absolute atomic E-state index is 12.9. The topological polar surface area (TPSA) is 81.4 Å². The first kappa shape index (κ1) is 22.9. The fourth-order valence-corrected chi connectivity index (χ4v) is 3.10. The number of rotatable bonds is 9. The number of ether oxygens (including phenoxy) is 1. The number of benzene rings is 2. The molecule has 5 nitrogen and oxygen atoms in total. The second kappa shape index (κ2) is 11.0. The second-order valence-corrected chi connectivity index (χ2v) is 8.10. The van der Waals surface area contributed by atoms with Gasteiger partial charge in [-0.05, 0) is 55.0 Å². The van der Waals surface area contributed by atoms with Gasteiger partial charge in [0.2, 0.25) is 5.91 Å². The van der Waals surface area contributed by atoms with Crippen molar-refractivity contribution in [3.63, 3.8) is 0 Å². The fraction of sp³-hybridized carbons (Fsp3) is 0.391. The lowest BCUT2D eigenvalue weighted by atomic mass is 10.0. The molecule has 0 spiro atoms. The van der Waals surface area contributed by atoms with Gasteiger partial charge in [-0.15, -0.1) is 0 Å².